The Morgan fingerprint density at radius 1 is 0.806 bits per heavy atom. The third kappa shape index (κ3) is 7.55. The number of benzene rings is 2. The first-order chi connectivity index (χ1) is 14.6. The zero-order valence-corrected chi connectivity index (χ0v) is 21.7. The van der Waals surface area contributed by atoms with Gasteiger partial charge >= 0.3 is 0 Å². The van der Waals surface area contributed by atoms with Crippen molar-refractivity contribution in [1.82, 2.24) is 0 Å². The normalized spacial score (nSPS) is 18.0. The summed E-state index contributed by atoms with van der Waals surface area (Å²) in [7, 11) is 4.65. The lowest BCUT2D eigenvalue weighted by atomic mass is 9.97. The Labute approximate surface area is 206 Å². The molecule has 0 saturated carbocycles. The predicted molar refractivity (Wildman–Crippen MR) is 124 cm³/mol. The molecular weight excluding hydrogens is 497 g/mol. The molecule has 172 valence electrons. The van der Waals surface area contributed by atoms with Crippen molar-refractivity contribution in [3.63, 3.8) is 0 Å². The molecule has 1 atom stereocenters. The summed E-state index contributed by atoms with van der Waals surface area (Å²) >= 11 is 0. The number of ether oxygens (including phenoxy) is 2. The van der Waals surface area contributed by atoms with Gasteiger partial charge in [0, 0.05) is 11.1 Å². The average molecular weight is 538 g/mol. The Bertz CT molecular complexity index is 696. The Hall–Kier alpha value is -0.950. The predicted octanol–water partition coefficient (Wildman–Crippen LogP) is 3.13. The van der Waals surface area contributed by atoms with E-state index in [0.717, 1.165) is 22.2 Å². The van der Waals surface area contributed by atoms with Crippen LogP contribution < -0.4 is 24.0 Å². The minimum absolute atomic E-state index is 0. The van der Waals surface area contributed by atoms with Gasteiger partial charge in [-0.15, -0.1) is 0 Å². The third-order valence-corrected chi connectivity index (χ3v) is 6.18. The van der Waals surface area contributed by atoms with Crippen molar-refractivity contribution in [2.45, 2.75) is 63.8 Å². The SMILES string of the molecule is CCCCCCCCC[N+](C)(C)CC1COC(c2ccccc2)(c2ccccc2)O1.[I-]. The number of hydrogen-bond acceptors (Lipinski definition) is 2. The summed E-state index contributed by atoms with van der Waals surface area (Å²) < 4.78 is 14.1. The molecule has 0 spiro atoms. The topological polar surface area (TPSA) is 18.5 Å². The summed E-state index contributed by atoms with van der Waals surface area (Å²) in [5, 5.41) is 0. The lowest BCUT2D eigenvalue weighted by Crippen LogP contribution is -3.00. The molecule has 4 heteroatoms. The molecule has 2 aromatic rings. The largest absolute Gasteiger partial charge is 1.00 e. The van der Waals surface area contributed by atoms with E-state index in [0.29, 0.717) is 6.61 Å². The minimum atomic E-state index is -0.799. The summed E-state index contributed by atoms with van der Waals surface area (Å²) in [6.45, 7) is 5.07. The van der Waals surface area contributed by atoms with E-state index in [1.165, 1.54) is 51.5 Å². The molecule has 0 bridgehead atoms. The number of unbranched alkanes of at least 4 members (excludes halogenated alkanes) is 6. The van der Waals surface area contributed by atoms with E-state index in [-0.39, 0.29) is 30.1 Å². The van der Waals surface area contributed by atoms with Gasteiger partial charge in [0.05, 0.1) is 27.2 Å². The highest BCUT2D eigenvalue weighted by molar-refractivity contribution is 5.34. The van der Waals surface area contributed by atoms with E-state index < -0.39 is 5.79 Å². The van der Waals surface area contributed by atoms with Crippen LogP contribution in [0.2, 0.25) is 0 Å². The number of hydrogen-bond donors (Lipinski definition) is 0. The van der Waals surface area contributed by atoms with Crippen molar-refractivity contribution in [3.8, 4) is 0 Å². The average Bonchev–Trinajstić information content (AvgIpc) is 3.18. The van der Waals surface area contributed by atoms with Gasteiger partial charge in [-0.1, -0.05) is 99.7 Å². The second-order valence-electron chi connectivity index (χ2n) is 9.36. The molecule has 1 aliphatic rings. The number of halogens is 1. The Morgan fingerprint density at radius 3 is 1.87 bits per heavy atom. The molecule has 0 N–H and O–H groups in total. The molecule has 1 saturated heterocycles. The van der Waals surface area contributed by atoms with Gasteiger partial charge in [0.15, 0.2) is 0 Å². The second-order valence-corrected chi connectivity index (χ2v) is 9.36. The molecule has 0 amide bonds. The molecule has 1 fully saturated rings. The smallest absolute Gasteiger partial charge is 0.222 e. The maximum atomic E-state index is 6.69. The molecular formula is C27H40INO2. The molecule has 0 aromatic heterocycles. The lowest BCUT2D eigenvalue weighted by molar-refractivity contribution is -0.893. The minimum Gasteiger partial charge on any atom is -1.00 e. The van der Waals surface area contributed by atoms with Crippen LogP contribution in [0.4, 0.5) is 0 Å². The van der Waals surface area contributed by atoms with Crippen LogP contribution in [-0.2, 0) is 15.3 Å². The van der Waals surface area contributed by atoms with Crippen molar-refractivity contribution < 1.29 is 37.9 Å². The van der Waals surface area contributed by atoms with Crippen LogP contribution >= 0.6 is 0 Å². The van der Waals surface area contributed by atoms with Crippen LogP contribution in [0.15, 0.2) is 60.7 Å². The molecule has 2 aromatic carbocycles. The molecule has 1 aliphatic heterocycles. The highest BCUT2D eigenvalue weighted by atomic mass is 127. The number of likely N-dealkylation sites (N-methyl/N-ethyl adjacent to an activating group) is 1. The van der Waals surface area contributed by atoms with Crippen LogP contribution in [0.1, 0.15) is 63.0 Å². The fraction of sp³-hybridized carbons (Fsp3) is 0.556. The van der Waals surface area contributed by atoms with Crippen LogP contribution in [0.25, 0.3) is 0 Å². The van der Waals surface area contributed by atoms with Crippen LogP contribution in [0.5, 0.6) is 0 Å². The number of nitrogens with zero attached hydrogens (tertiary/aromatic N) is 1. The summed E-state index contributed by atoms with van der Waals surface area (Å²) in [6.07, 6.45) is 9.56. The van der Waals surface area contributed by atoms with Crippen molar-refractivity contribution in [2.75, 3.05) is 33.8 Å². The van der Waals surface area contributed by atoms with E-state index >= 15 is 0 Å². The molecule has 0 aliphatic carbocycles. The first kappa shape index (κ1) is 26.3. The van der Waals surface area contributed by atoms with Gasteiger partial charge in [-0.3, -0.25) is 0 Å². The van der Waals surface area contributed by atoms with Gasteiger partial charge in [-0.2, -0.15) is 0 Å². The molecule has 3 nitrogen and oxygen atoms in total. The first-order valence-corrected chi connectivity index (χ1v) is 11.8. The fourth-order valence-corrected chi connectivity index (χ4v) is 4.53. The van der Waals surface area contributed by atoms with E-state index in [9.17, 15) is 0 Å². The van der Waals surface area contributed by atoms with E-state index in [1.807, 2.05) is 12.1 Å². The van der Waals surface area contributed by atoms with Gasteiger partial charge in [0.2, 0.25) is 5.79 Å². The third-order valence-electron chi connectivity index (χ3n) is 6.18. The van der Waals surface area contributed by atoms with Crippen molar-refractivity contribution in [1.29, 1.82) is 0 Å². The quantitative estimate of drug-likeness (QED) is 0.236. The fourth-order valence-electron chi connectivity index (χ4n) is 4.53. The van der Waals surface area contributed by atoms with Crippen LogP contribution in [0, 0.1) is 0 Å². The van der Waals surface area contributed by atoms with Crippen molar-refractivity contribution in [3.05, 3.63) is 71.8 Å². The Kier molecular flexibility index (Phi) is 11.0. The van der Waals surface area contributed by atoms with Gasteiger partial charge in [0.1, 0.15) is 12.6 Å². The monoisotopic (exact) mass is 537 g/mol. The van der Waals surface area contributed by atoms with E-state index in [2.05, 4.69) is 69.6 Å². The van der Waals surface area contributed by atoms with Crippen molar-refractivity contribution in [2.24, 2.45) is 0 Å². The maximum absolute atomic E-state index is 6.69. The standard InChI is InChI=1S/C27H40NO2.HI/c1-4-5-6-7-8-9-16-21-28(2,3)22-26-23-29-27(30-26,24-17-12-10-13-18-24)25-19-14-11-15-20-25;/h10-15,17-20,26H,4-9,16,21-23H2,1-3H3;1H/q+1;/p-1. The molecule has 1 heterocycles. The molecule has 31 heavy (non-hydrogen) atoms. The second kappa shape index (κ2) is 12.9. The zero-order chi connectivity index (χ0) is 21.3. The lowest BCUT2D eigenvalue weighted by Gasteiger charge is -2.33. The van der Waals surface area contributed by atoms with Crippen molar-refractivity contribution >= 4 is 0 Å². The molecule has 0 radical (unpaired) electrons. The first-order valence-electron chi connectivity index (χ1n) is 11.8. The molecule has 3 rings (SSSR count). The van der Waals surface area contributed by atoms with Gasteiger partial charge in [0.25, 0.3) is 0 Å². The van der Waals surface area contributed by atoms with Gasteiger partial charge < -0.3 is 37.9 Å². The maximum Gasteiger partial charge on any atom is 0.222 e. The van der Waals surface area contributed by atoms with Crippen LogP contribution in [0.3, 0.4) is 0 Å². The summed E-state index contributed by atoms with van der Waals surface area (Å²) in [5.74, 6) is -0.799. The summed E-state index contributed by atoms with van der Waals surface area (Å²) in [6, 6.07) is 20.7. The van der Waals surface area contributed by atoms with Crippen LogP contribution in [-0.4, -0.2) is 44.4 Å². The zero-order valence-electron chi connectivity index (χ0n) is 19.6. The number of rotatable bonds is 12. The van der Waals surface area contributed by atoms with Gasteiger partial charge in [-0.05, 0) is 12.8 Å². The summed E-state index contributed by atoms with van der Waals surface area (Å²) in [5.41, 5.74) is 2.13. The van der Waals surface area contributed by atoms with E-state index in [4.69, 9.17) is 9.47 Å². The number of quaternary nitrogens is 1. The highest BCUT2D eigenvalue weighted by Gasteiger charge is 2.46. The summed E-state index contributed by atoms with van der Waals surface area (Å²) in [4.78, 5) is 0. The highest BCUT2D eigenvalue weighted by Crippen LogP contribution is 2.40. The van der Waals surface area contributed by atoms with Gasteiger partial charge in [-0.25, -0.2) is 0 Å². The Balaban J connectivity index is 0.00000341. The molecule has 1 unspecified atom stereocenters. The van der Waals surface area contributed by atoms with E-state index in [1.54, 1.807) is 0 Å². The Morgan fingerprint density at radius 2 is 1.32 bits per heavy atom.